The molecule has 0 bridgehead atoms. The molecule has 0 radical (unpaired) electrons. The third-order valence-electron chi connectivity index (χ3n) is 5.50. The number of anilines is 1. The van der Waals surface area contributed by atoms with Gasteiger partial charge in [-0.25, -0.2) is 4.79 Å². The van der Waals surface area contributed by atoms with E-state index in [4.69, 9.17) is 9.47 Å². The standard InChI is InChI=1S/C28H28F3NO3/c1-27(2,3)35-26(33)32(22-13-14-22)23-15-16-25(34-18-19-7-5-4-6-8-19)24(17-23)20-9-11-21(12-10-20)28(29,30)31/h4-12,15-17,22H,13-14,18H2,1-3H3. The molecule has 1 amide bonds. The van der Waals surface area contributed by atoms with Crippen LogP contribution in [0.3, 0.4) is 0 Å². The first-order valence-electron chi connectivity index (χ1n) is 11.5. The molecule has 1 aliphatic rings. The Morgan fingerprint density at radius 2 is 1.60 bits per heavy atom. The summed E-state index contributed by atoms with van der Waals surface area (Å²) in [5.41, 5.74) is 1.35. The lowest BCUT2D eigenvalue weighted by Crippen LogP contribution is -2.38. The molecule has 184 valence electrons. The van der Waals surface area contributed by atoms with Crippen LogP contribution in [0.25, 0.3) is 11.1 Å². The number of hydrogen-bond donors (Lipinski definition) is 0. The second-order valence-corrected chi connectivity index (χ2v) is 9.61. The number of rotatable bonds is 6. The molecular weight excluding hydrogens is 455 g/mol. The third kappa shape index (κ3) is 6.35. The van der Waals surface area contributed by atoms with E-state index in [1.807, 2.05) is 51.1 Å². The zero-order chi connectivity index (χ0) is 25.2. The molecule has 0 N–H and O–H groups in total. The zero-order valence-electron chi connectivity index (χ0n) is 19.9. The predicted octanol–water partition coefficient (Wildman–Crippen LogP) is 7.86. The maximum Gasteiger partial charge on any atom is 0.416 e. The van der Waals surface area contributed by atoms with Crippen LogP contribution >= 0.6 is 0 Å². The lowest BCUT2D eigenvalue weighted by atomic mass is 10.0. The summed E-state index contributed by atoms with van der Waals surface area (Å²) in [6.07, 6.45) is -3.15. The predicted molar refractivity (Wildman–Crippen MR) is 129 cm³/mol. The summed E-state index contributed by atoms with van der Waals surface area (Å²) in [6.45, 7) is 5.73. The minimum atomic E-state index is -4.42. The lowest BCUT2D eigenvalue weighted by Gasteiger charge is -2.28. The van der Waals surface area contributed by atoms with Crippen LogP contribution in [0, 0.1) is 0 Å². The van der Waals surface area contributed by atoms with Crippen molar-refractivity contribution in [3.05, 3.63) is 83.9 Å². The van der Waals surface area contributed by atoms with E-state index in [0.717, 1.165) is 30.5 Å². The van der Waals surface area contributed by atoms with Crippen molar-refractivity contribution >= 4 is 11.8 Å². The monoisotopic (exact) mass is 483 g/mol. The van der Waals surface area contributed by atoms with Gasteiger partial charge in [0.25, 0.3) is 0 Å². The van der Waals surface area contributed by atoms with Crippen molar-refractivity contribution in [1.29, 1.82) is 0 Å². The number of alkyl halides is 3. The van der Waals surface area contributed by atoms with Gasteiger partial charge in [-0.1, -0.05) is 42.5 Å². The molecule has 0 aliphatic heterocycles. The number of nitrogens with zero attached hydrogens (tertiary/aromatic N) is 1. The van der Waals surface area contributed by atoms with E-state index in [0.29, 0.717) is 29.2 Å². The fourth-order valence-electron chi connectivity index (χ4n) is 3.70. The van der Waals surface area contributed by atoms with Gasteiger partial charge in [0.1, 0.15) is 18.0 Å². The Morgan fingerprint density at radius 3 is 2.17 bits per heavy atom. The first-order chi connectivity index (χ1) is 16.5. The Kier molecular flexibility index (Phi) is 6.79. The fourth-order valence-corrected chi connectivity index (χ4v) is 3.70. The van der Waals surface area contributed by atoms with Crippen LogP contribution < -0.4 is 9.64 Å². The third-order valence-corrected chi connectivity index (χ3v) is 5.50. The molecule has 3 aromatic rings. The first-order valence-corrected chi connectivity index (χ1v) is 11.5. The molecule has 0 atom stereocenters. The molecule has 0 saturated heterocycles. The summed E-state index contributed by atoms with van der Waals surface area (Å²) in [5, 5.41) is 0. The van der Waals surface area contributed by atoms with Crippen molar-refractivity contribution in [2.45, 2.75) is 58.0 Å². The molecule has 4 rings (SSSR count). The normalized spacial score (nSPS) is 13.9. The molecular formula is C28H28F3NO3. The summed E-state index contributed by atoms with van der Waals surface area (Å²) in [6, 6.07) is 19.9. The SMILES string of the molecule is CC(C)(C)OC(=O)N(c1ccc(OCc2ccccc2)c(-c2ccc(C(F)(F)F)cc2)c1)C1CC1. The highest BCUT2D eigenvalue weighted by Crippen LogP contribution is 2.40. The Hall–Kier alpha value is -3.48. The van der Waals surface area contributed by atoms with Crippen LogP contribution in [-0.2, 0) is 17.5 Å². The number of hydrogen-bond acceptors (Lipinski definition) is 3. The lowest BCUT2D eigenvalue weighted by molar-refractivity contribution is -0.137. The number of carbonyl (C=O) groups excluding carboxylic acids is 1. The molecule has 0 aromatic heterocycles. The van der Waals surface area contributed by atoms with E-state index < -0.39 is 23.4 Å². The minimum absolute atomic E-state index is 0.0291. The highest BCUT2D eigenvalue weighted by Gasteiger charge is 2.37. The molecule has 1 saturated carbocycles. The molecule has 4 nitrogen and oxygen atoms in total. The van der Waals surface area contributed by atoms with Crippen molar-refractivity contribution in [1.82, 2.24) is 0 Å². The number of amides is 1. The molecule has 0 spiro atoms. The highest BCUT2D eigenvalue weighted by molar-refractivity contribution is 5.91. The Labute approximate surface area is 203 Å². The van der Waals surface area contributed by atoms with Gasteiger partial charge >= 0.3 is 12.3 Å². The van der Waals surface area contributed by atoms with Crippen LogP contribution in [0.2, 0.25) is 0 Å². The van der Waals surface area contributed by atoms with Gasteiger partial charge in [0.2, 0.25) is 0 Å². The Balaban J connectivity index is 1.71. The van der Waals surface area contributed by atoms with E-state index in [2.05, 4.69) is 0 Å². The van der Waals surface area contributed by atoms with Crippen LogP contribution in [0.15, 0.2) is 72.8 Å². The molecule has 0 unspecified atom stereocenters. The highest BCUT2D eigenvalue weighted by atomic mass is 19.4. The van der Waals surface area contributed by atoms with E-state index >= 15 is 0 Å². The average molecular weight is 484 g/mol. The van der Waals surface area contributed by atoms with Crippen LogP contribution in [0.1, 0.15) is 44.7 Å². The fraction of sp³-hybridized carbons (Fsp3) is 0.321. The quantitative estimate of drug-likeness (QED) is 0.358. The summed E-state index contributed by atoms with van der Waals surface area (Å²) in [5.74, 6) is 0.511. The molecule has 35 heavy (non-hydrogen) atoms. The number of benzene rings is 3. The average Bonchev–Trinajstić information content (AvgIpc) is 3.62. The van der Waals surface area contributed by atoms with Gasteiger partial charge in [-0.3, -0.25) is 4.90 Å². The maximum atomic E-state index is 13.1. The molecule has 3 aromatic carbocycles. The van der Waals surface area contributed by atoms with Crippen molar-refractivity contribution in [3.63, 3.8) is 0 Å². The van der Waals surface area contributed by atoms with Gasteiger partial charge in [-0.2, -0.15) is 13.2 Å². The first kappa shape index (κ1) is 24.6. The van der Waals surface area contributed by atoms with E-state index in [9.17, 15) is 18.0 Å². The number of halogens is 3. The van der Waals surface area contributed by atoms with Gasteiger partial charge in [-0.15, -0.1) is 0 Å². The maximum absolute atomic E-state index is 13.1. The number of ether oxygens (including phenoxy) is 2. The summed E-state index contributed by atoms with van der Waals surface area (Å²) >= 11 is 0. The van der Waals surface area contributed by atoms with Crippen molar-refractivity contribution < 1.29 is 27.4 Å². The summed E-state index contributed by atoms with van der Waals surface area (Å²) < 4.78 is 51.0. The van der Waals surface area contributed by atoms with Gasteiger partial charge in [0.15, 0.2) is 0 Å². The molecule has 7 heteroatoms. The van der Waals surface area contributed by atoms with Crippen molar-refractivity contribution in [2.24, 2.45) is 0 Å². The van der Waals surface area contributed by atoms with Crippen LogP contribution in [0.5, 0.6) is 5.75 Å². The summed E-state index contributed by atoms with van der Waals surface area (Å²) in [4.78, 5) is 14.6. The number of carbonyl (C=O) groups is 1. The van der Waals surface area contributed by atoms with E-state index in [1.54, 1.807) is 23.1 Å². The molecule has 1 aliphatic carbocycles. The smallest absolute Gasteiger partial charge is 0.416 e. The van der Waals surface area contributed by atoms with E-state index in [1.165, 1.54) is 12.1 Å². The Bertz CT molecular complexity index is 1160. The van der Waals surface area contributed by atoms with Crippen molar-refractivity contribution in [2.75, 3.05) is 4.90 Å². The largest absolute Gasteiger partial charge is 0.488 e. The summed E-state index contributed by atoms with van der Waals surface area (Å²) in [7, 11) is 0. The van der Waals surface area contributed by atoms with Gasteiger partial charge in [-0.05, 0) is 75.1 Å². The van der Waals surface area contributed by atoms with Crippen LogP contribution in [0.4, 0.5) is 23.7 Å². The second-order valence-electron chi connectivity index (χ2n) is 9.61. The van der Waals surface area contributed by atoms with Crippen molar-refractivity contribution in [3.8, 4) is 16.9 Å². The zero-order valence-corrected chi connectivity index (χ0v) is 19.9. The topological polar surface area (TPSA) is 38.8 Å². The molecule has 0 heterocycles. The van der Waals surface area contributed by atoms with Gasteiger partial charge in [0, 0.05) is 17.3 Å². The van der Waals surface area contributed by atoms with Crippen LogP contribution in [-0.4, -0.2) is 17.7 Å². The Morgan fingerprint density at radius 1 is 0.943 bits per heavy atom. The molecule has 1 fully saturated rings. The van der Waals surface area contributed by atoms with Gasteiger partial charge in [0.05, 0.1) is 5.56 Å². The minimum Gasteiger partial charge on any atom is -0.488 e. The second kappa shape index (κ2) is 9.64. The van der Waals surface area contributed by atoms with E-state index in [-0.39, 0.29) is 6.04 Å². The van der Waals surface area contributed by atoms with Gasteiger partial charge < -0.3 is 9.47 Å².